The number of hydrogen-bond acceptors (Lipinski definition) is 4. The number of aryl methyl sites for hydroxylation is 1. The van der Waals surface area contributed by atoms with Crippen LogP contribution in [0.15, 0.2) is 59.0 Å². The van der Waals surface area contributed by atoms with E-state index in [-0.39, 0.29) is 12.5 Å². The number of unbranched alkanes of at least 4 members (excludes halogenated alkanes) is 1. The second kappa shape index (κ2) is 10.2. The van der Waals surface area contributed by atoms with E-state index in [1.807, 2.05) is 24.3 Å². The number of nitrogens with one attached hydrogen (secondary N) is 2. The minimum Gasteiger partial charge on any atom is -0.460 e. The minimum absolute atomic E-state index is 0.253. The molecule has 2 aromatic carbocycles. The van der Waals surface area contributed by atoms with E-state index in [1.54, 1.807) is 24.3 Å². The number of nitrogens with two attached hydrogens (primary N) is 1. The Morgan fingerprint density at radius 2 is 1.90 bits per heavy atom. The van der Waals surface area contributed by atoms with Crippen LogP contribution in [0, 0.1) is 0 Å². The molecule has 0 saturated heterocycles. The molecule has 0 fully saturated rings. The van der Waals surface area contributed by atoms with Crippen LogP contribution in [0.25, 0.3) is 17.0 Å². The molecule has 0 bridgehead atoms. The molecule has 0 aliphatic heterocycles. The third-order valence-electron chi connectivity index (χ3n) is 4.69. The first kappa shape index (κ1) is 21.8. The molecular weight excluding hydrogens is 394 g/mol. The van der Waals surface area contributed by atoms with Gasteiger partial charge in [-0.1, -0.05) is 37.6 Å². The van der Waals surface area contributed by atoms with Gasteiger partial charge in [-0.3, -0.25) is 14.4 Å². The van der Waals surface area contributed by atoms with Gasteiger partial charge in [0.1, 0.15) is 11.3 Å². The second-order valence-electron chi connectivity index (χ2n) is 7.09. The zero-order valence-electron chi connectivity index (χ0n) is 17.3. The quantitative estimate of drug-likeness (QED) is 0.459. The molecule has 0 atom stereocenters. The second-order valence-corrected chi connectivity index (χ2v) is 7.09. The van der Waals surface area contributed by atoms with Crippen molar-refractivity contribution in [1.82, 2.24) is 5.32 Å². The highest BCUT2D eigenvalue weighted by molar-refractivity contribution is 6.04. The molecule has 0 aliphatic carbocycles. The lowest BCUT2D eigenvalue weighted by Crippen LogP contribution is -2.33. The van der Waals surface area contributed by atoms with Crippen molar-refractivity contribution < 1.29 is 18.8 Å². The van der Waals surface area contributed by atoms with Crippen LogP contribution in [0.1, 0.15) is 41.4 Å². The number of carbonyl (C=O) groups excluding carboxylic acids is 3. The van der Waals surface area contributed by atoms with Gasteiger partial charge in [0.25, 0.3) is 5.91 Å². The van der Waals surface area contributed by atoms with Crippen molar-refractivity contribution in [2.75, 3.05) is 11.9 Å². The van der Waals surface area contributed by atoms with E-state index in [4.69, 9.17) is 10.2 Å². The van der Waals surface area contributed by atoms with Crippen molar-refractivity contribution in [2.45, 2.75) is 26.2 Å². The molecule has 31 heavy (non-hydrogen) atoms. The summed E-state index contributed by atoms with van der Waals surface area (Å²) in [5.74, 6) is -0.550. The lowest BCUT2D eigenvalue weighted by molar-refractivity contribution is -0.117. The zero-order chi connectivity index (χ0) is 22.2. The highest BCUT2D eigenvalue weighted by atomic mass is 16.3. The van der Waals surface area contributed by atoms with Gasteiger partial charge in [0.15, 0.2) is 0 Å². The molecule has 3 amide bonds. The molecule has 0 radical (unpaired) electrons. The highest BCUT2D eigenvalue weighted by Crippen LogP contribution is 2.28. The molecule has 7 nitrogen and oxygen atoms in total. The van der Waals surface area contributed by atoms with E-state index >= 15 is 0 Å². The molecular formula is C24H25N3O4. The monoisotopic (exact) mass is 419 g/mol. The molecule has 1 heterocycles. The van der Waals surface area contributed by atoms with E-state index in [0.29, 0.717) is 11.3 Å². The average molecular weight is 419 g/mol. The molecule has 160 valence electrons. The van der Waals surface area contributed by atoms with Gasteiger partial charge in [0, 0.05) is 34.7 Å². The van der Waals surface area contributed by atoms with E-state index in [2.05, 4.69) is 17.6 Å². The van der Waals surface area contributed by atoms with Crippen LogP contribution in [0.5, 0.6) is 0 Å². The van der Waals surface area contributed by atoms with Crippen LogP contribution in [0.4, 0.5) is 5.69 Å². The number of furan rings is 1. The predicted octanol–water partition coefficient (Wildman–Crippen LogP) is 3.64. The maximum atomic E-state index is 12.5. The predicted molar refractivity (Wildman–Crippen MR) is 120 cm³/mol. The first-order valence-electron chi connectivity index (χ1n) is 10.1. The maximum Gasteiger partial charge on any atom is 0.251 e. The van der Waals surface area contributed by atoms with Crippen LogP contribution < -0.4 is 16.4 Å². The summed E-state index contributed by atoms with van der Waals surface area (Å²) in [5, 5.41) is 6.12. The maximum absolute atomic E-state index is 12.5. The zero-order valence-corrected chi connectivity index (χ0v) is 17.3. The summed E-state index contributed by atoms with van der Waals surface area (Å²) < 4.78 is 5.97. The summed E-state index contributed by atoms with van der Waals surface area (Å²) >= 11 is 0. The van der Waals surface area contributed by atoms with Crippen LogP contribution in [-0.2, 0) is 16.0 Å². The average Bonchev–Trinajstić information content (AvgIpc) is 3.12. The molecule has 1 aromatic heterocycles. The number of benzene rings is 2. The van der Waals surface area contributed by atoms with E-state index in [1.165, 1.54) is 12.1 Å². The van der Waals surface area contributed by atoms with Gasteiger partial charge >= 0.3 is 0 Å². The van der Waals surface area contributed by atoms with Crippen molar-refractivity contribution in [3.8, 4) is 0 Å². The fourth-order valence-electron chi connectivity index (χ4n) is 3.17. The van der Waals surface area contributed by atoms with Crippen molar-refractivity contribution in [3.05, 3.63) is 71.5 Å². The fraction of sp³-hybridized carbons (Fsp3) is 0.208. The Morgan fingerprint density at radius 3 is 2.68 bits per heavy atom. The number of para-hydroxylation sites is 1. The molecule has 0 spiro atoms. The standard InChI is InChI=1S/C24H25N3O4/c1-2-3-10-20-19(18-9-4-5-11-21(18)31-20)12-13-23(29)27-17-8-6-7-16(14-17)24(30)26-15-22(25)28/h4-9,11-14H,2-3,10,15H2,1H3,(H2,25,28)(H,26,30)(H,27,29)/b13-12+. The summed E-state index contributed by atoms with van der Waals surface area (Å²) in [7, 11) is 0. The summed E-state index contributed by atoms with van der Waals surface area (Å²) in [6.45, 7) is 1.87. The fourth-order valence-corrected chi connectivity index (χ4v) is 3.17. The van der Waals surface area contributed by atoms with Gasteiger partial charge in [0.05, 0.1) is 6.54 Å². The Balaban J connectivity index is 1.73. The largest absolute Gasteiger partial charge is 0.460 e. The Kier molecular flexibility index (Phi) is 7.22. The number of anilines is 1. The topological polar surface area (TPSA) is 114 Å². The molecule has 0 saturated carbocycles. The smallest absolute Gasteiger partial charge is 0.251 e. The van der Waals surface area contributed by atoms with Crippen molar-refractivity contribution in [1.29, 1.82) is 0 Å². The van der Waals surface area contributed by atoms with E-state index < -0.39 is 11.8 Å². The third-order valence-corrected chi connectivity index (χ3v) is 4.69. The van der Waals surface area contributed by atoms with E-state index in [9.17, 15) is 14.4 Å². The number of carbonyl (C=O) groups is 3. The SMILES string of the molecule is CCCCc1oc2ccccc2c1/C=C/C(=O)Nc1cccc(C(=O)NCC(N)=O)c1. The van der Waals surface area contributed by atoms with Crippen molar-refractivity contribution in [2.24, 2.45) is 5.73 Å². The Bertz CT molecular complexity index is 1130. The summed E-state index contributed by atoms with van der Waals surface area (Å²) in [5.41, 5.74) is 7.51. The van der Waals surface area contributed by atoms with Gasteiger partial charge in [0.2, 0.25) is 11.8 Å². The third kappa shape index (κ3) is 5.82. The number of amides is 3. The summed E-state index contributed by atoms with van der Waals surface area (Å²) in [6.07, 6.45) is 6.05. The first-order chi connectivity index (χ1) is 15.0. The van der Waals surface area contributed by atoms with Gasteiger partial charge in [-0.25, -0.2) is 0 Å². The lowest BCUT2D eigenvalue weighted by Gasteiger charge is -2.06. The Labute approximate surface area is 180 Å². The molecule has 0 aliphatic rings. The number of rotatable bonds is 9. The van der Waals surface area contributed by atoms with Gasteiger partial charge in [-0.2, -0.15) is 0 Å². The normalized spacial score (nSPS) is 11.0. The van der Waals surface area contributed by atoms with Crippen molar-refractivity contribution in [3.63, 3.8) is 0 Å². The molecule has 7 heteroatoms. The van der Waals surface area contributed by atoms with Crippen LogP contribution >= 0.6 is 0 Å². The van der Waals surface area contributed by atoms with E-state index in [0.717, 1.165) is 41.6 Å². The number of fused-ring (bicyclic) bond motifs is 1. The van der Waals surface area contributed by atoms with Crippen LogP contribution in [0.3, 0.4) is 0 Å². The van der Waals surface area contributed by atoms with Gasteiger partial charge in [-0.15, -0.1) is 0 Å². The van der Waals surface area contributed by atoms with Crippen LogP contribution in [0.2, 0.25) is 0 Å². The number of primary amides is 1. The first-order valence-corrected chi connectivity index (χ1v) is 10.1. The van der Waals surface area contributed by atoms with Gasteiger partial charge in [-0.05, 0) is 36.8 Å². The van der Waals surface area contributed by atoms with Crippen molar-refractivity contribution >= 4 is 40.5 Å². The summed E-state index contributed by atoms with van der Waals surface area (Å²) in [6, 6.07) is 14.2. The lowest BCUT2D eigenvalue weighted by atomic mass is 10.1. The van der Waals surface area contributed by atoms with Gasteiger partial charge < -0.3 is 20.8 Å². The number of hydrogen-bond donors (Lipinski definition) is 3. The molecule has 0 unspecified atom stereocenters. The molecule has 4 N–H and O–H groups in total. The molecule has 3 aromatic rings. The Morgan fingerprint density at radius 1 is 1.10 bits per heavy atom. The Hall–Kier alpha value is -3.87. The minimum atomic E-state index is -0.631. The molecule has 3 rings (SSSR count). The summed E-state index contributed by atoms with van der Waals surface area (Å²) in [4.78, 5) is 35.4. The van der Waals surface area contributed by atoms with Crippen LogP contribution in [-0.4, -0.2) is 24.3 Å². The highest BCUT2D eigenvalue weighted by Gasteiger charge is 2.12.